The zero-order valence-electron chi connectivity index (χ0n) is 12.2. The Hall–Kier alpha value is -2.95. The molecule has 5 nitrogen and oxygen atoms in total. The summed E-state index contributed by atoms with van der Waals surface area (Å²) in [4.78, 5) is 16.5. The van der Waals surface area contributed by atoms with Crippen LogP contribution in [0, 0.1) is 6.92 Å². The summed E-state index contributed by atoms with van der Waals surface area (Å²) in [6.45, 7) is 2.08. The molecular formula is C17H16N4O. The van der Waals surface area contributed by atoms with Gasteiger partial charge >= 0.3 is 0 Å². The number of fused-ring (bicyclic) bond motifs is 1. The zero-order chi connectivity index (χ0) is 15.4. The van der Waals surface area contributed by atoms with Crippen LogP contribution < -0.4 is 5.43 Å². The molecule has 110 valence electrons. The molecule has 0 bridgehead atoms. The maximum atomic E-state index is 12.0. The third kappa shape index (κ3) is 3.03. The third-order valence-corrected chi connectivity index (χ3v) is 3.35. The molecule has 1 heterocycles. The topological polar surface area (TPSA) is 59.3 Å². The summed E-state index contributed by atoms with van der Waals surface area (Å²) in [6, 6.07) is 17.4. The van der Waals surface area contributed by atoms with Crippen molar-refractivity contribution >= 4 is 23.2 Å². The summed E-state index contributed by atoms with van der Waals surface area (Å²) < 4.78 is 1.88. The van der Waals surface area contributed by atoms with Gasteiger partial charge in [0.15, 0.2) is 0 Å². The van der Waals surface area contributed by atoms with Crippen molar-refractivity contribution < 1.29 is 4.79 Å². The summed E-state index contributed by atoms with van der Waals surface area (Å²) in [6.07, 6.45) is 1.62. The minimum absolute atomic E-state index is 0.182. The number of rotatable bonds is 4. The predicted octanol–water partition coefficient (Wildman–Crippen LogP) is 2.50. The van der Waals surface area contributed by atoms with Gasteiger partial charge in [-0.15, -0.1) is 0 Å². The number of aryl methyl sites for hydroxylation is 1. The van der Waals surface area contributed by atoms with Crippen molar-refractivity contribution in [3.05, 3.63) is 66.0 Å². The highest BCUT2D eigenvalue weighted by atomic mass is 16.2. The highest BCUT2D eigenvalue weighted by molar-refractivity contribution is 5.83. The molecule has 3 aromatic rings. The number of hydrazone groups is 1. The molecule has 0 saturated heterocycles. The molecule has 3 rings (SSSR count). The maximum Gasteiger partial charge on any atom is 0.260 e. The standard InChI is InChI=1S/C17H16N4O/c1-13-19-15-9-5-6-10-16(15)21(13)12-17(22)20-18-11-14-7-3-2-4-8-14/h2-11H,12H2,1H3,(H,20,22)/b18-11-. The van der Waals surface area contributed by atoms with Gasteiger partial charge in [-0.1, -0.05) is 42.5 Å². The van der Waals surface area contributed by atoms with Crippen molar-refractivity contribution in [1.82, 2.24) is 15.0 Å². The Morgan fingerprint density at radius 2 is 1.91 bits per heavy atom. The van der Waals surface area contributed by atoms with Crippen LogP contribution in [0.5, 0.6) is 0 Å². The minimum atomic E-state index is -0.182. The number of nitrogens with zero attached hydrogens (tertiary/aromatic N) is 3. The lowest BCUT2D eigenvalue weighted by Crippen LogP contribution is -2.23. The number of carbonyl (C=O) groups is 1. The quantitative estimate of drug-likeness (QED) is 0.593. The lowest BCUT2D eigenvalue weighted by atomic mass is 10.2. The zero-order valence-corrected chi connectivity index (χ0v) is 12.2. The lowest BCUT2D eigenvalue weighted by Gasteiger charge is -2.05. The number of aromatic nitrogens is 2. The normalized spacial score (nSPS) is 11.1. The third-order valence-electron chi connectivity index (χ3n) is 3.35. The maximum absolute atomic E-state index is 12.0. The molecule has 22 heavy (non-hydrogen) atoms. The van der Waals surface area contributed by atoms with E-state index in [0.29, 0.717) is 0 Å². The Kier molecular flexibility index (Phi) is 3.96. The van der Waals surface area contributed by atoms with Crippen LogP contribution in [0.1, 0.15) is 11.4 Å². The lowest BCUT2D eigenvalue weighted by molar-refractivity contribution is -0.121. The second kappa shape index (κ2) is 6.22. The van der Waals surface area contributed by atoms with Crippen LogP contribution in [-0.2, 0) is 11.3 Å². The average molecular weight is 292 g/mol. The number of amides is 1. The van der Waals surface area contributed by atoms with E-state index in [1.165, 1.54) is 0 Å². The van der Waals surface area contributed by atoms with Crippen LogP contribution >= 0.6 is 0 Å². The molecule has 0 aliphatic carbocycles. The molecule has 0 aliphatic rings. The molecule has 2 aromatic carbocycles. The Labute approximate surface area is 128 Å². The average Bonchev–Trinajstić information content (AvgIpc) is 2.84. The van der Waals surface area contributed by atoms with Crippen molar-refractivity contribution in [1.29, 1.82) is 0 Å². The second-order valence-electron chi connectivity index (χ2n) is 4.94. The number of para-hydroxylation sites is 2. The van der Waals surface area contributed by atoms with Gasteiger partial charge in [-0.2, -0.15) is 5.10 Å². The van der Waals surface area contributed by atoms with E-state index < -0.39 is 0 Å². The first-order chi connectivity index (χ1) is 10.7. The van der Waals surface area contributed by atoms with Crippen molar-refractivity contribution in [2.75, 3.05) is 0 Å². The Bertz CT molecular complexity index is 821. The largest absolute Gasteiger partial charge is 0.319 e. The van der Waals surface area contributed by atoms with E-state index in [2.05, 4.69) is 15.5 Å². The van der Waals surface area contributed by atoms with Crippen molar-refractivity contribution in [3.63, 3.8) is 0 Å². The van der Waals surface area contributed by atoms with E-state index in [-0.39, 0.29) is 12.5 Å². The first-order valence-electron chi connectivity index (χ1n) is 7.03. The molecular weight excluding hydrogens is 276 g/mol. The predicted molar refractivity (Wildman–Crippen MR) is 86.6 cm³/mol. The summed E-state index contributed by atoms with van der Waals surface area (Å²) in [7, 11) is 0. The van der Waals surface area contributed by atoms with Gasteiger partial charge in [0.05, 0.1) is 17.2 Å². The van der Waals surface area contributed by atoms with Crippen LogP contribution in [-0.4, -0.2) is 21.7 Å². The van der Waals surface area contributed by atoms with Crippen molar-refractivity contribution in [2.24, 2.45) is 5.10 Å². The number of hydrogen-bond donors (Lipinski definition) is 1. The van der Waals surface area contributed by atoms with Gasteiger partial charge in [0, 0.05) is 0 Å². The van der Waals surface area contributed by atoms with Gasteiger partial charge in [-0.05, 0) is 24.6 Å². The second-order valence-corrected chi connectivity index (χ2v) is 4.94. The Morgan fingerprint density at radius 3 is 2.73 bits per heavy atom. The minimum Gasteiger partial charge on any atom is -0.319 e. The molecule has 0 fully saturated rings. The summed E-state index contributed by atoms with van der Waals surface area (Å²) in [5, 5.41) is 3.97. The number of nitrogens with one attached hydrogen (secondary N) is 1. The van der Waals surface area contributed by atoms with E-state index in [4.69, 9.17) is 0 Å². The first-order valence-corrected chi connectivity index (χ1v) is 7.03. The molecule has 0 unspecified atom stereocenters. The molecule has 0 saturated carbocycles. The van der Waals surface area contributed by atoms with Crippen molar-refractivity contribution in [3.8, 4) is 0 Å². The molecule has 0 atom stereocenters. The number of carbonyl (C=O) groups excluding carboxylic acids is 1. The highest BCUT2D eigenvalue weighted by Crippen LogP contribution is 2.14. The molecule has 0 aliphatic heterocycles. The van der Waals surface area contributed by atoms with E-state index in [1.807, 2.05) is 66.1 Å². The fraction of sp³-hybridized carbons (Fsp3) is 0.118. The summed E-state index contributed by atoms with van der Waals surface area (Å²) in [5.41, 5.74) is 5.32. The van der Waals surface area contributed by atoms with Crippen LogP contribution in [0.4, 0.5) is 0 Å². The molecule has 1 N–H and O–H groups in total. The smallest absolute Gasteiger partial charge is 0.260 e. The number of hydrogen-bond acceptors (Lipinski definition) is 3. The van der Waals surface area contributed by atoms with Gasteiger partial charge < -0.3 is 4.57 Å². The molecule has 5 heteroatoms. The summed E-state index contributed by atoms with van der Waals surface area (Å²) >= 11 is 0. The van der Waals surface area contributed by atoms with Gasteiger partial charge in [0.1, 0.15) is 12.4 Å². The highest BCUT2D eigenvalue weighted by Gasteiger charge is 2.09. The van der Waals surface area contributed by atoms with Gasteiger partial charge in [-0.25, -0.2) is 10.4 Å². The molecule has 0 radical (unpaired) electrons. The number of benzene rings is 2. The number of imidazole rings is 1. The SMILES string of the molecule is Cc1nc2ccccc2n1CC(=O)N/N=C\c1ccccc1. The fourth-order valence-corrected chi connectivity index (χ4v) is 2.29. The van der Waals surface area contributed by atoms with Crippen molar-refractivity contribution in [2.45, 2.75) is 13.5 Å². The molecule has 1 aromatic heterocycles. The van der Waals surface area contributed by atoms with Crippen LogP contribution in [0.25, 0.3) is 11.0 Å². The van der Waals surface area contributed by atoms with Crippen LogP contribution in [0.3, 0.4) is 0 Å². The monoisotopic (exact) mass is 292 g/mol. The van der Waals surface area contributed by atoms with Crippen LogP contribution in [0.2, 0.25) is 0 Å². The Morgan fingerprint density at radius 1 is 1.18 bits per heavy atom. The van der Waals surface area contributed by atoms with E-state index in [1.54, 1.807) is 6.21 Å². The summed E-state index contributed by atoms with van der Waals surface area (Å²) in [5.74, 6) is 0.627. The first kappa shape index (κ1) is 14.0. The fourth-order valence-electron chi connectivity index (χ4n) is 2.29. The molecule has 0 spiro atoms. The van der Waals surface area contributed by atoms with E-state index in [9.17, 15) is 4.79 Å². The van der Waals surface area contributed by atoms with Gasteiger partial charge in [0.2, 0.25) is 0 Å². The van der Waals surface area contributed by atoms with E-state index in [0.717, 1.165) is 22.4 Å². The molecule has 1 amide bonds. The van der Waals surface area contributed by atoms with Gasteiger partial charge in [0.25, 0.3) is 5.91 Å². The van der Waals surface area contributed by atoms with Gasteiger partial charge in [-0.3, -0.25) is 4.79 Å². The van der Waals surface area contributed by atoms with Crippen LogP contribution in [0.15, 0.2) is 59.7 Å². The van der Waals surface area contributed by atoms with E-state index >= 15 is 0 Å². The Balaban J connectivity index is 1.69.